The van der Waals surface area contributed by atoms with Crippen molar-refractivity contribution in [2.24, 2.45) is 5.73 Å². The second-order valence-corrected chi connectivity index (χ2v) is 10.2. The van der Waals surface area contributed by atoms with Gasteiger partial charge in [-0.1, -0.05) is 6.07 Å². The van der Waals surface area contributed by atoms with Gasteiger partial charge in [-0.15, -0.1) is 0 Å². The van der Waals surface area contributed by atoms with Gasteiger partial charge in [0.15, 0.2) is 6.10 Å². The number of ether oxygens (including phenoxy) is 2. The van der Waals surface area contributed by atoms with Crippen LogP contribution in [0.2, 0.25) is 0 Å². The maximum atomic E-state index is 15.9. The molecule has 1 aliphatic rings. The van der Waals surface area contributed by atoms with Crippen molar-refractivity contribution in [1.29, 1.82) is 0 Å². The van der Waals surface area contributed by atoms with Crippen LogP contribution in [0.5, 0.6) is 5.75 Å². The molecule has 1 aromatic heterocycles. The number of amides is 1. The Balaban J connectivity index is 1.96. The van der Waals surface area contributed by atoms with Crippen molar-refractivity contribution in [1.82, 2.24) is 4.98 Å². The molecular weight excluding hydrogens is 475 g/mol. The summed E-state index contributed by atoms with van der Waals surface area (Å²) in [4.78, 5) is 29.1. The molecule has 3 N–H and O–H groups in total. The first-order chi connectivity index (χ1) is 17.5. The molecule has 190 valence electrons. The molecule has 4 aromatic rings. The van der Waals surface area contributed by atoms with Gasteiger partial charge < -0.3 is 20.3 Å². The molecule has 0 aliphatic carbocycles. The van der Waals surface area contributed by atoms with Crippen LogP contribution in [0.3, 0.4) is 0 Å². The highest BCUT2D eigenvalue weighted by atomic mass is 19.1. The van der Waals surface area contributed by atoms with Gasteiger partial charge in [0, 0.05) is 40.1 Å². The zero-order valence-electron chi connectivity index (χ0n) is 21.0. The first-order valence-corrected chi connectivity index (χ1v) is 12.0. The molecule has 0 unspecified atom stereocenters. The van der Waals surface area contributed by atoms with Gasteiger partial charge in [0.1, 0.15) is 11.6 Å². The monoisotopic (exact) mass is 502 g/mol. The van der Waals surface area contributed by atoms with E-state index in [1.54, 1.807) is 33.0 Å². The molecule has 8 heteroatoms. The largest absolute Gasteiger partial charge is 0.493 e. The van der Waals surface area contributed by atoms with E-state index in [-0.39, 0.29) is 22.1 Å². The van der Waals surface area contributed by atoms with E-state index in [2.05, 4.69) is 4.98 Å². The maximum absolute atomic E-state index is 15.9. The maximum Gasteiger partial charge on any atom is 0.337 e. The predicted molar refractivity (Wildman–Crippen MR) is 138 cm³/mol. The number of pyridine rings is 1. The van der Waals surface area contributed by atoms with Crippen LogP contribution in [0.1, 0.15) is 53.9 Å². The number of nitrogens with two attached hydrogens (primary N) is 1. The number of carboxylic acid groups (broad SMARTS) is 1. The summed E-state index contributed by atoms with van der Waals surface area (Å²) in [6, 6.07) is 10.1. The minimum atomic E-state index is -1.47. The Labute approximate surface area is 213 Å². The second-order valence-electron chi connectivity index (χ2n) is 10.2. The molecule has 0 bridgehead atoms. The molecule has 0 saturated heterocycles. The molecule has 0 saturated carbocycles. The first kappa shape index (κ1) is 24.6. The van der Waals surface area contributed by atoms with E-state index in [1.807, 2.05) is 18.2 Å². The fourth-order valence-corrected chi connectivity index (χ4v) is 5.06. The summed E-state index contributed by atoms with van der Waals surface area (Å²) >= 11 is 0. The Hall–Kier alpha value is -4.04. The van der Waals surface area contributed by atoms with E-state index in [9.17, 15) is 14.7 Å². The average molecular weight is 503 g/mol. The molecule has 37 heavy (non-hydrogen) atoms. The number of benzene rings is 3. The number of hydrogen-bond acceptors (Lipinski definition) is 5. The molecule has 1 amide bonds. The van der Waals surface area contributed by atoms with E-state index < -0.39 is 29.4 Å². The van der Waals surface area contributed by atoms with Crippen LogP contribution in [0, 0.1) is 12.7 Å². The van der Waals surface area contributed by atoms with Crippen LogP contribution in [0.4, 0.5) is 4.39 Å². The Morgan fingerprint density at radius 1 is 1.16 bits per heavy atom. The lowest BCUT2D eigenvalue weighted by atomic mass is 9.84. The summed E-state index contributed by atoms with van der Waals surface area (Å²) in [6.45, 7) is 7.31. The first-order valence-electron chi connectivity index (χ1n) is 12.0. The van der Waals surface area contributed by atoms with Crippen LogP contribution in [-0.2, 0) is 16.0 Å². The third kappa shape index (κ3) is 4.17. The van der Waals surface area contributed by atoms with E-state index in [0.717, 1.165) is 10.9 Å². The Bertz CT molecular complexity index is 1600. The third-order valence-electron chi connectivity index (χ3n) is 6.61. The number of aliphatic carboxylic acids is 1. The van der Waals surface area contributed by atoms with Crippen LogP contribution in [-0.4, -0.2) is 34.2 Å². The van der Waals surface area contributed by atoms with Crippen LogP contribution < -0.4 is 10.5 Å². The topological polar surface area (TPSA) is 112 Å². The van der Waals surface area contributed by atoms with E-state index in [1.165, 1.54) is 19.1 Å². The molecule has 0 spiro atoms. The normalized spacial score (nSPS) is 14.0. The smallest absolute Gasteiger partial charge is 0.337 e. The fraction of sp³-hybridized carbons (Fsp3) is 0.276. The fourth-order valence-electron chi connectivity index (χ4n) is 5.06. The predicted octanol–water partition coefficient (Wildman–Crippen LogP) is 5.48. The van der Waals surface area contributed by atoms with Gasteiger partial charge in [-0.2, -0.15) is 0 Å². The van der Waals surface area contributed by atoms with Gasteiger partial charge in [-0.3, -0.25) is 9.78 Å². The number of carbonyl (C=O) groups is 2. The van der Waals surface area contributed by atoms with E-state index >= 15 is 4.39 Å². The molecule has 0 radical (unpaired) electrons. The number of rotatable bonds is 5. The lowest BCUT2D eigenvalue weighted by Gasteiger charge is -2.29. The summed E-state index contributed by atoms with van der Waals surface area (Å²) in [6.07, 6.45) is 0.949. The number of nitrogens with zero attached hydrogens (tertiary/aromatic N) is 1. The molecule has 0 fully saturated rings. The third-order valence-corrected chi connectivity index (χ3v) is 6.61. The van der Waals surface area contributed by atoms with Crippen molar-refractivity contribution >= 4 is 33.6 Å². The number of hydrogen-bond donors (Lipinski definition) is 2. The van der Waals surface area contributed by atoms with Gasteiger partial charge >= 0.3 is 5.97 Å². The highest BCUT2D eigenvalue weighted by Gasteiger charge is 2.34. The number of halogens is 1. The molecule has 5 rings (SSSR count). The Morgan fingerprint density at radius 2 is 1.92 bits per heavy atom. The van der Waals surface area contributed by atoms with Gasteiger partial charge in [0.2, 0.25) is 5.91 Å². The van der Waals surface area contributed by atoms with Gasteiger partial charge in [-0.25, -0.2) is 9.18 Å². The minimum absolute atomic E-state index is 0.109. The molecule has 7 nitrogen and oxygen atoms in total. The van der Waals surface area contributed by atoms with Crippen molar-refractivity contribution in [3.63, 3.8) is 0 Å². The van der Waals surface area contributed by atoms with Crippen molar-refractivity contribution in [3.8, 4) is 16.9 Å². The lowest BCUT2D eigenvalue weighted by molar-refractivity contribution is -0.160. The molecule has 2 heterocycles. The van der Waals surface area contributed by atoms with Gasteiger partial charge in [0.25, 0.3) is 0 Å². The summed E-state index contributed by atoms with van der Waals surface area (Å²) in [7, 11) is 0. The number of fused-ring (bicyclic) bond motifs is 1. The molecule has 1 aliphatic heterocycles. The van der Waals surface area contributed by atoms with Gasteiger partial charge in [0.05, 0.1) is 17.7 Å². The van der Waals surface area contributed by atoms with Crippen molar-refractivity contribution < 1.29 is 28.6 Å². The zero-order valence-corrected chi connectivity index (χ0v) is 21.0. The second kappa shape index (κ2) is 8.81. The van der Waals surface area contributed by atoms with E-state index in [4.69, 9.17) is 15.2 Å². The van der Waals surface area contributed by atoms with Gasteiger partial charge in [-0.05, 0) is 80.1 Å². The standard InChI is InChI=1S/C29H27FN2O5/c1-14-21(26(28(34)35)37-29(2,3)4)23(17-6-5-16(27(31)33)13-19(17)24(14)30)18-7-8-20-22-15(10-12-36-20)9-11-32-25(18)22/h5-9,11,13,26H,10,12H2,1-4H3,(H2,31,33)(H,34,35)/t26-/m0/s1. The number of aromatic nitrogens is 1. The zero-order chi connectivity index (χ0) is 26.6. The molecule has 3 aromatic carbocycles. The highest BCUT2D eigenvalue weighted by molar-refractivity contribution is 6.10. The molecule has 1 atom stereocenters. The summed E-state index contributed by atoms with van der Waals surface area (Å²) < 4.78 is 27.8. The highest BCUT2D eigenvalue weighted by Crippen LogP contribution is 2.46. The SMILES string of the molecule is Cc1c([C@H](OC(C)(C)C)C(=O)O)c(-c2ccc3c4c(ccnc24)CCO3)c2ccc(C(N)=O)cc2c1F. The van der Waals surface area contributed by atoms with Crippen LogP contribution in [0.25, 0.3) is 32.8 Å². The van der Waals surface area contributed by atoms with Crippen LogP contribution in [0.15, 0.2) is 42.6 Å². The quantitative estimate of drug-likeness (QED) is 0.374. The lowest BCUT2D eigenvalue weighted by Crippen LogP contribution is -2.28. The number of carboxylic acids is 1. The van der Waals surface area contributed by atoms with Crippen molar-refractivity contribution in [2.75, 3.05) is 6.61 Å². The number of primary amides is 1. The van der Waals surface area contributed by atoms with E-state index in [0.29, 0.717) is 40.8 Å². The summed E-state index contributed by atoms with van der Waals surface area (Å²) in [5.74, 6) is -1.88. The number of carbonyl (C=O) groups excluding carboxylic acids is 1. The van der Waals surface area contributed by atoms with Crippen LogP contribution >= 0.6 is 0 Å². The Kier molecular flexibility index (Phi) is 5.87. The Morgan fingerprint density at radius 3 is 2.59 bits per heavy atom. The summed E-state index contributed by atoms with van der Waals surface area (Å²) in [5, 5.41) is 11.7. The molecular formula is C29H27FN2O5. The van der Waals surface area contributed by atoms with Crippen molar-refractivity contribution in [3.05, 3.63) is 70.7 Å². The average Bonchev–Trinajstić information content (AvgIpc) is 2.85. The minimum Gasteiger partial charge on any atom is -0.493 e. The summed E-state index contributed by atoms with van der Waals surface area (Å²) in [5.41, 5.74) is 7.86. The van der Waals surface area contributed by atoms with Crippen molar-refractivity contribution in [2.45, 2.75) is 45.8 Å².